The summed E-state index contributed by atoms with van der Waals surface area (Å²) < 4.78 is 0. The van der Waals surface area contributed by atoms with Crippen LogP contribution in [0.15, 0.2) is 127 Å². The van der Waals surface area contributed by atoms with Crippen LogP contribution in [-0.2, 0) is 0 Å². The first-order valence-corrected chi connectivity index (χ1v) is 17.0. The molecule has 0 heterocycles. The van der Waals surface area contributed by atoms with Crippen LogP contribution in [0.5, 0.6) is 0 Å². The van der Waals surface area contributed by atoms with E-state index in [1.54, 1.807) is 0 Å². The number of anilines is 3. The SMILES string of the molecule is Cc1ccc(C(C)C)cc1N(c1ccc2cc3c(cc2c1)-c1cc2ccc(-c4ccccc4)cc2cc1-3)c1cc(C(C)C)ccc1C. The first kappa shape index (κ1) is 29.3. The minimum absolute atomic E-state index is 0.454. The number of hydrogen-bond donors (Lipinski definition) is 0. The monoisotopic (exact) mass is 607 g/mol. The van der Waals surface area contributed by atoms with Crippen LogP contribution in [0.4, 0.5) is 17.1 Å². The van der Waals surface area contributed by atoms with Crippen LogP contribution in [0.25, 0.3) is 54.9 Å². The lowest BCUT2D eigenvalue weighted by molar-refractivity contribution is 0.863. The van der Waals surface area contributed by atoms with Crippen molar-refractivity contribution >= 4 is 38.6 Å². The highest BCUT2D eigenvalue weighted by Crippen LogP contribution is 2.51. The molecule has 230 valence electrons. The van der Waals surface area contributed by atoms with Gasteiger partial charge in [0.1, 0.15) is 0 Å². The molecule has 0 N–H and O–H groups in total. The summed E-state index contributed by atoms with van der Waals surface area (Å²) in [5.74, 6) is 0.909. The van der Waals surface area contributed by atoms with Crippen molar-refractivity contribution in [3.63, 3.8) is 0 Å². The van der Waals surface area contributed by atoms with Crippen LogP contribution in [0, 0.1) is 13.8 Å². The Hall–Kier alpha value is -5.14. The van der Waals surface area contributed by atoms with Gasteiger partial charge in [-0.1, -0.05) is 100 Å². The second-order valence-electron chi connectivity index (χ2n) is 14.0. The number of aryl methyl sites for hydroxylation is 2. The predicted octanol–water partition coefficient (Wildman–Crippen LogP) is 13.6. The van der Waals surface area contributed by atoms with E-state index in [-0.39, 0.29) is 0 Å². The molecule has 0 bridgehead atoms. The van der Waals surface area contributed by atoms with Crippen LogP contribution in [-0.4, -0.2) is 0 Å². The highest BCUT2D eigenvalue weighted by molar-refractivity contribution is 6.12. The lowest BCUT2D eigenvalue weighted by Crippen LogP contribution is -2.14. The minimum atomic E-state index is 0.454. The van der Waals surface area contributed by atoms with Gasteiger partial charge in [-0.15, -0.1) is 0 Å². The molecule has 0 amide bonds. The summed E-state index contributed by atoms with van der Waals surface area (Å²) in [6.45, 7) is 13.6. The molecular formula is C46H41N. The van der Waals surface area contributed by atoms with Gasteiger partial charge in [0, 0.05) is 17.1 Å². The standard InChI is InChI=1S/C46H41N/c1-28(2)33-14-12-30(5)45(26-33)47(46-27-34(29(3)4)15-13-31(46)6)40-19-18-37-23-42-43-24-38-20-35(32-10-8-7-9-11-32)16-17-36(38)22-41(43)44(42)25-39(37)21-40/h7-29H,1-6H3. The zero-order valence-electron chi connectivity index (χ0n) is 28.2. The van der Waals surface area contributed by atoms with Gasteiger partial charge in [0.05, 0.1) is 0 Å². The molecule has 0 atom stereocenters. The normalized spacial score (nSPS) is 12.0. The summed E-state index contributed by atoms with van der Waals surface area (Å²) in [6.07, 6.45) is 0. The van der Waals surface area contributed by atoms with Crippen LogP contribution in [0.2, 0.25) is 0 Å². The summed E-state index contributed by atoms with van der Waals surface area (Å²) in [6, 6.07) is 48.0. The molecule has 7 aromatic rings. The predicted molar refractivity (Wildman–Crippen MR) is 204 cm³/mol. The van der Waals surface area contributed by atoms with E-state index in [0.717, 1.165) is 0 Å². The van der Waals surface area contributed by atoms with E-state index in [2.05, 4.69) is 174 Å². The topological polar surface area (TPSA) is 3.24 Å². The summed E-state index contributed by atoms with van der Waals surface area (Å²) in [5, 5.41) is 5.12. The van der Waals surface area contributed by atoms with E-state index in [4.69, 9.17) is 0 Å². The van der Waals surface area contributed by atoms with Crippen molar-refractivity contribution in [2.75, 3.05) is 4.90 Å². The molecule has 0 radical (unpaired) electrons. The van der Waals surface area contributed by atoms with E-state index < -0.39 is 0 Å². The van der Waals surface area contributed by atoms with E-state index in [9.17, 15) is 0 Å². The zero-order chi connectivity index (χ0) is 32.4. The molecule has 1 aliphatic rings. The molecule has 0 aliphatic heterocycles. The van der Waals surface area contributed by atoms with Gasteiger partial charge in [-0.25, -0.2) is 0 Å². The number of benzene rings is 7. The molecule has 1 nitrogen and oxygen atoms in total. The van der Waals surface area contributed by atoms with Gasteiger partial charge >= 0.3 is 0 Å². The van der Waals surface area contributed by atoms with Crippen molar-refractivity contribution in [3.8, 4) is 33.4 Å². The molecule has 0 unspecified atom stereocenters. The third-order valence-electron chi connectivity index (χ3n) is 10.2. The summed E-state index contributed by atoms with van der Waals surface area (Å²) in [7, 11) is 0. The first-order valence-electron chi connectivity index (χ1n) is 17.0. The Balaban J connectivity index is 1.25. The molecule has 0 spiro atoms. The highest BCUT2D eigenvalue weighted by Gasteiger charge is 2.25. The van der Waals surface area contributed by atoms with Gasteiger partial charge in [-0.05, 0) is 157 Å². The number of rotatable bonds is 6. The Morgan fingerprint density at radius 1 is 0.404 bits per heavy atom. The van der Waals surface area contributed by atoms with Crippen LogP contribution in [0.3, 0.4) is 0 Å². The fourth-order valence-corrected chi connectivity index (χ4v) is 7.22. The van der Waals surface area contributed by atoms with Gasteiger partial charge in [0.25, 0.3) is 0 Å². The molecule has 8 rings (SSSR count). The maximum Gasteiger partial charge on any atom is 0.0493 e. The molecule has 47 heavy (non-hydrogen) atoms. The fourth-order valence-electron chi connectivity index (χ4n) is 7.22. The van der Waals surface area contributed by atoms with Crippen molar-refractivity contribution in [2.45, 2.75) is 53.4 Å². The lowest BCUT2D eigenvalue weighted by Gasteiger charge is -2.31. The van der Waals surface area contributed by atoms with Gasteiger partial charge in [0.2, 0.25) is 0 Å². The first-order chi connectivity index (χ1) is 22.7. The Bertz CT molecular complexity index is 2270. The van der Waals surface area contributed by atoms with Crippen molar-refractivity contribution in [2.24, 2.45) is 0 Å². The van der Waals surface area contributed by atoms with E-state index in [1.807, 2.05) is 0 Å². The largest absolute Gasteiger partial charge is 0.310 e. The zero-order valence-corrected chi connectivity index (χ0v) is 28.2. The molecule has 0 fully saturated rings. The Morgan fingerprint density at radius 2 is 0.894 bits per heavy atom. The molecule has 1 aliphatic carbocycles. The number of nitrogens with zero attached hydrogens (tertiary/aromatic N) is 1. The van der Waals surface area contributed by atoms with E-state index in [1.165, 1.54) is 94.2 Å². The Labute approximate surface area is 279 Å². The lowest BCUT2D eigenvalue weighted by atomic mass is 9.77. The quantitative estimate of drug-likeness (QED) is 0.182. The summed E-state index contributed by atoms with van der Waals surface area (Å²) in [4.78, 5) is 2.49. The van der Waals surface area contributed by atoms with Gasteiger partial charge in [-0.3, -0.25) is 0 Å². The van der Waals surface area contributed by atoms with E-state index >= 15 is 0 Å². The van der Waals surface area contributed by atoms with Crippen LogP contribution >= 0.6 is 0 Å². The van der Waals surface area contributed by atoms with Crippen LogP contribution in [0.1, 0.15) is 61.8 Å². The highest BCUT2D eigenvalue weighted by atomic mass is 15.1. The summed E-state index contributed by atoms with van der Waals surface area (Å²) >= 11 is 0. The molecule has 7 aromatic carbocycles. The average Bonchev–Trinajstić information content (AvgIpc) is 3.08. The minimum Gasteiger partial charge on any atom is -0.310 e. The molecule has 1 heteroatoms. The van der Waals surface area contributed by atoms with Crippen LogP contribution < -0.4 is 4.90 Å². The molecule has 0 aromatic heterocycles. The smallest absolute Gasteiger partial charge is 0.0493 e. The maximum absolute atomic E-state index is 2.49. The second-order valence-corrected chi connectivity index (χ2v) is 14.0. The maximum atomic E-state index is 2.49. The van der Waals surface area contributed by atoms with Crippen molar-refractivity contribution in [1.29, 1.82) is 0 Å². The number of fused-ring (bicyclic) bond motifs is 6. The van der Waals surface area contributed by atoms with E-state index in [0.29, 0.717) is 11.8 Å². The number of hydrogen-bond acceptors (Lipinski definition) is 1. The second kappa shape index (κ2) is 11.3. The molecule has 0 saturated heterocycles. The Kier molecular flexibility index (Phi) is 7.03. The molecular weight excluding hydrogens is 567 g/mol. The fraction of sp³-hybridized carbons (Fsp3) is 0.174. The third kappa shape index (κ3) is 5.02. The van der Waals surface area contributed by atoms with Crippen molar-refractivity contribution < 1.29 is 0 Å². The van der Waals surface area contributed by atoms with Crippen molar-refractivity contribution in [1.82, 2.24) is 0 Å². The van der Waals surface area contributed by atoms with Gasteiger partial charge in [0.15, 0.2) is 0 Å². The average molecular weight is 608 g/mol. The Morgan fingerprint density at radius 3 is 1.43 bits per heavy atom. The van der Waals surface area contributed by atoms with Crippen molar-refractivity contribution in [3.05, 3.63) is 150 Å². The molecule has 0 saturated carbocycles. The van der Waals surface area contributed by atoms with Gasteiger partial charge in [-0.2, -0.15) is 0 Å². The summed E-state index contributed by atoms with van der Waals surface area (Å²) in [5.41, 5.74) is 16.9. The van der Waals surface area contributed by atoms with Gasteiger partial charge < -0.3 is 4.90 Å². The third-order valence-corrected chi connectivity index (χ3v) is 10.2.